The van der Waals surface area contributed by atoms with Crippen LogP contribution in [0.4, 0.5) is 11.4 Å². The average Bonchev–Trinajstić information content (AvgIpc) is 3.35. The largest absolute Gasteiger partial charge is 0.490 e. The van der Waals surface area contributed by atoms with E-state index in [1.807, 2.05) is 102 Å². The van der Waals surface area contributed by atoms with Gasteiger partial charge in [-0.1, -0.05) is 71.7 Å². The molecule has 0 spiro atoms. The molecule has 0 unspecified atom stereocenters. The fourth-order valence-corrected chi connectivity index (χ4v) is 4.83. The van der Waals surface area contributed by atoms with Crippen molar-refractivity contribution in [3.05, 3.63) is 118 Å². The monoisotopic (exact) mass is 559 g/mol. The van der Waals surface area contributed by atoms with Crippen LogP contribution in [0.25, 0.3) is 0 Å². The number of benzene rings is 4. The first-order chi connectivity index (χ1) is 19.0. The van der Waals surface area contributed by atoms with E-state index in [4.69, 9.17) is 37.8 Å². The number of para-hydroxylation sites is 2. The molecular weight excluding hydrogens is 533 g/mol. The summed E-state index contributed by atoms with van der Waals surface area (Å²) in [5.74, 6) is 1.25. The summed E-state index contributed by atoms with van der Waals surface area (Å²) in [5.41, 5.74) is 3.19. The number of carbonyl (C=O) groups is 1. The Hall–Kier alpha value is -4.00. The molecule has 4 aromatic rings. The van der Waals surface area contributed by atoms with E-state index in [0.717, 1.165) is 22.5 Å². The molecule has 0 saturated heterocycles. The van der Waals surface area contributed by atoms with E-state index in [9.17, 15) is 4.79 Å². The Morgan fingerprint density at radius 2 is 1.56 bits per heavy atom. The third-order valence-corrected chi connectivity index (χ3v) is 6.89. The number of carbonyl (C=O) groups excluding carboxylic acids is 1. The third kappa shape index (κ3) is 5.58. The lowest BCUT2D eigenvalue weighted by atomic mass is 10.1. The maximum atomic E-state index is 13.0. The van der Waals surface area contributed by atoms with Gasteiger partial charge in [0.15, 0.2) is 29.3 Å². The van der Waals surface area contributed by atoms with Gasteiger partial charge in [0, 0.05) is 33.8 Å². The molecule has 6 nitrogen and oxygen atoms in total. The number of hydrazone groups is 1. The second-order valence-electron chi connectivity index (χ2n) is 8.87. The number of hydrogen-bond acceptors (Lipinski definition) is 6. The molecule has 0 radical (unpaired) electrons. The van der Waals surface area contributed by atoms with Crippen LogP contribution in [-0.2, 0) is 11.4 Å². The SMILES string of the molecule is CCOc1cccc([C@H]2N(c3ccccc3)N=C(C(C)=O)N2c2ccc(Cl)cc2)c1OCc1ccccc1Cl. The highest BCUT2D eigenvalue weighted by atomic mass is 35.5. The van der Waals surface area contributed by atoms with Gasteiger partial charge in [0.1, 0.15) is 6.61 Å². The highest BCUT2D eigenvalue weighted by Crippen LogP contribution is 2.45. The molecule has 5 rings (SSSR count). The van der Waals surface area contributed by atoms with Gasteiger partial charge in [-0.3, -0.25) is 9.69 Å². The van der Waals surface area contributed by atoms with Gasteiger partial charge < -0.3 is 9.47 Å². The zero-order valence-electron chi connectivity index (χ0n) is 21.6. The predicted octanol–water partition coefficient (Wildman–Crippen LogP) is 7.90. The first-order valence-corrected chi connectivity index (χ1v) is 13.3. The number of rotatable bonds is 9. The molecule has 4 aromatic carbocycles. The van der Waals surface area contributed by atoms with Crippen molar-refractivity contribution in [2.24, 2.45) is 5.10 Å². The van der Waals surface area contributed by atoms with Crippen LogP contribution in [0.1, 0.15) is 31.1 Å². The number of amidine groups is 1. The second kappa shape index (κ2) is 11.8. The molecule has 198 valence electrons. The number of hydrogen-bond donors (Lipinski definition) is 0. The van der Waals surface area contributed by atoms with Crippen molar-refractivity contribution in [3.63, 3.8) is 0 Å². The Morgan fingerprint density at radius 1 is 0.846 bits per heavy atom. The fraction of sp³-hybridized carbons (Fsp3) is 0.161. The smallest absolute Gasteiger partial charge is 0.198 e. The number of halogens is 2. The fourth-order valence-electron chi connectivity index (χ4n) is 4.51. The minimum absolute atomic E-state index is 0.173. The van der Waals surface area contributed by atoms with Gasteiger partial charge in [0.2, 0.25) is 0 Å². The highest BCUT2D eigenvalue weighted by Gasteiger charge is 2.41. The summed E-state index contributed by atoms with van der Waals surface area (Å²) >= 11 is 12.7. The molecule has 8 heteroatoms. The van der Waals surface area contributed by atoms with Crippen molar-refractivity contribution in [2.45, 2.75) is 26.6 Å². The van der Waals surface area contributed by atoms with Crippen LogP contribution in [0.5, 0.6) is 11.5 Å². The van der Waals surface area contributed by atoms with E-state index >= 15 is 0 Å². The van der Waals surface area contributed by atoms with Crippen molar-refractivity contribution in [1.82, 2.24) is 0 Å². The van der Waals surface area contributed by atoms with E-state index in [1.165, 1.54) is 6.92 Å². The predicted molar refractivity (Wildman–Crippen MR) is 157 cm³/mol. The van der Waals surface area contributed by atoms with Crippen molar-refractivity contribution >= 4 is 46.2 Å². The zero-order chi connectivity index (χ0) is 27.4. The standard InChI is InChI=1S/C31H27Cl2N3O3/c1-3-38-28-15-9-13-26(29(28)39-20-22-10-7-8-14-27(22)33)31-35(24-18-16-23(32)17-19-24)30(21(2)37)34-36(31)25-11-5-4-6-12-25/h4-19,31H,3,20H2,1-2H3/t31-/m1/s1. The topological polar surface area (TPSA) is 54.4 Å². The first-order valence-electron chi connectivity index (χ1n) is 12.6. The Bertz CT molecular complexity index is 1490. The number of ether oxygens (including phenoxy) is 2. The van der Waals surface area contributed by atoms with E-state index in [1.54, 1.807) is 12.1 Å². The Balaban J connectivity index is 1.68. The van der Waals surface area contributed by atoms with Gasteiger partial charge in [-0.25, -0.2) is 5.01 Å². The highest BCUT2D eigenvalue weighted by molar-refractivity contribution is 6.44. The third-order valence-electron chi connectivity index (χ3n) is 6.26. The van der Waals surface area contributed by atoms with Gasteiger partial charge in [-0.05, 0) is 55.5 Å². The van der Waals surface area contributed by atoms with Gasteiger partial charge >= 0.3 is 0 Å². The van der Waals surface area contributed by atoms with Crippen LogP contribution in [0, 0.1) is 0 Å². The summed E-state index contributed by atoms with van der Waals surface area (Å²) in [5, 5.41) is 7.86. The van der Waals surface area contributed by atoms with Crippen molar-refractivity contribution in [3.8, 4) is 11.5 Å². The summed E-state index contributed by atoms with van der Waals surface area (Å²) in [6.45, 7) is 4.12. The van der Waals surface area contributed by atoms with Crippen LogP contribution in [0.15, 0.2) is 102 Å². The molecule has 1 aliphatic heterocycles. The van der Waals surface area contributed by atoms with Crippen molar-refractivity contribution in [1.29, 1.82) is 0 Å². The second-order valence-corrected chi connectivity index (χ2v) is 9.71. The van der Waals surface area contributed by atoms with Crippen LogP contribution in [0.3, 0.4) is 0 Å². The number of Topliss-reactive ketones (excluding diaryl/α,β-unsaturated/α-hetero) is 1. The molecule has 0 aromatic heterocycles. The molecule has 0 bridgehead atoms. The minimum atomic E-state index is -0.561. The van der Waals surface area contributed by atoms with Crippen LogP contribution < -0.4 is 19.4 Å². The molecule has 0 N–H and O–H groups in total. The van der Waals surface area contributed by atoms with Crippen molar-refractivity contribution in [2.75, 3.05) is 16.5 Å². The maximum Gasteiger partial charge on any atom is 0.198 e. The zero-order valence-corrected chi connectivity index (χ0v) is 23.1. The lowest BCUT2D eigenvalue weighted by Crippen LogP contribution is -2.38. The van der Waals surface area contributed by atoms with E-state index < -0.39 is 6.17 Å². The molecular formula is C31H27Cl2N3O3. The molecule has 39 heavy (non-hydrogen) atoms. The quantitative estimate of drug-likeness (QED) is 0.208. The Labute approximate surface area is 238 Å². The van der Waals surface area contributed by atoms with Gasteiger partial charge in [-0.2, -0.15) is 0 Å². The lowest BCUT2D eigenvalue weighted by molar-refractivity contribution is -0.111. The van der Waals surface area contributed by atoms with E-state index in [-0.39, 0.29) is 12.4 Å². The average molecular weight is 560 g/mol. The van der Waals surface area contributed by atoms with Crippen LogP contribution >= 0.6 is 23.2 Å². The number of anilines is 2. The summed E-state index contributed by atoms with van der Waals surface area (Å²) in [7, 11) is 0. The van der Waals surface area contributed by atoms with Crippen LogP contribution in [-0.4, -0.2) is 18.2 Å². The summed E-state index contributed by atoms with van der Waals surface area (Å²) in [4.78, 5) is 14.9. The minimum Gasteiger partial charge on any atom is -0.490 e. The number of ketones is 1. The lowest BCUT2D eigenvalue weighted by Gasteiger charge is -2.33. The molecule has 0 saturated carbocycles. The summed E-state index contributed by atoms with van der Waals surface area (Å²) in [6, 6.07) is 30.4. The van der Waals surface area contributed by atoms with E-state index in [0.29, 0.717) is 34.0 Å². The normalized spacial score (nSPS) is 14.8. The Morgan fingerprint density at radius 3 is 2.26 bits per heavy atom. The first kappa shape index (κ1) is 26.6. The molecule has 0 amide bonds. The number of nitrogens with zero attached hydrogens (tertiary/aromatic N) is 3. The summed E-state index contributed by atoms with van der Waals surface area (Å²) in [6.07, 6.45) is -0.561. The molecule has 1 atom stereocenters. The van der Waals surface area contributed by atoms with E-state index in [2.05, 4.69) is 0 Å². The van der Waals surface area contributed by atoms with Gasteiger partial charge in [0.25, 0.3) is 0 Å². The molecule has 1 aliphatic rings. The Kier molecular flexibility index (Phi) is 8.05. The summed E-state index contributed by atoms with van der Waals surface area (Å²) < 4.78 is 12.5. The van der Waals surface area contributed by atoms with Gasteiger partial charge in [0.05, 0.1) is 12.3 Å². The maximum absolute atomic E-state index is 13.0. The van der Waals surface area contributed by atoms with Gasteiger partial charge in [-0.15, -0.1) is 5.10 Å². The van der Waals surface area contributed by atoms with Crippen molar-refractivity contribution < 1.29 is 14.3 Å². The molecule has 1 heterocycles. The molecule has 0 fully saturated rings. The van der Waals surface area contributed by atoms with Crippen LogP contribution in [0.2, 0.25) is 10.0 Å². The molecule has 0 aliphatic carbocycles.